The SMILES string of the molecule is CC1CCCC1Nc1ccc(Cl)c(C(N)=O)c1. The van der Waals surface area contributed by atoms with Gasteiger partial charge < -0.3 is 11.1 Å². The molecule has 2 unspecified atom stereocenters. The minimum Gasteiger partial charge on any atom is -0.382 e. The van der Waals surface area contributed by atoms with Gasteiger partial charge in [-0.2, -0.15) is 0 Å². The van der Waals surface area contributed by atoms with E-state index in [0.29, 0.717) is 22.5 Å². The summed E-state index contributed by atoms with van der Waals surface area (Å²) >= 11 is 5.91. The van der Waals surface area contributed by atoms with Gasteiger partial charge in [-0.25, -0.2) is 0 Å². The van der Waals surface area contributed by atoms with Crippen molar-refractivity contribution >= 4 is 23.2 Å². The Hall–Kier alpha value is -1.22. The van der Waals surface area contributed by atoms with Crippen LogP contribution < -0.4 is 11.1 Å². The maximum Gasteiger partial charge on any atom is 0.250 e. The molecule has 2 rings (SSSR count). The first-order valence-corrected chi connectivity index (χ1v) is 6.31. The van der Waals surface area contributed by atoms with E-state index < -0.39 is 5.91 Å². The van der Waals surface area contributed by atoms with E-state index in [-0.39, 0.29) is 0 Å². The zero-order valence-electron chi connectivity index (χ0n) is 9.87. The second kappa shape index (κ2) is 4.96. The number of hydrogen-bond donors (Lipinski definition) is 2. The molecule has 1 aliphatic rings. The van der Waals surface area contributed by atoms with Gasteiger partial charge in [0.05, 0.1) is 10.6 Å². The number of nitrogens with one attached hydrogen (secondary N) is 1. The molecule has 0 spiro atoms. The molecule has 0 aromatic heterocycles. The van der Waals surface area contributed by atoms with E-state index in [1.54, 1.807) is 12.1 Å². The molecule has 0 aliphatic heterocycles. The van der Waals surface area contributed by atoms with Crippen molar-refractivity contribution in [2.75, 3.05) is 5.32 Å². The molecule has 3 nitrogen and oxygen atoms in total. The summed E-state index contributed by atoms with van der Waals surface area (Å²) in [4.78, 5) is 11.2. The molecule has 0 saturated heterocycles. The molecule has 0 radical (unpaired) electrons. The summed E-state index contributed by atoms with van der Waals surface area (Å²) in [7, 11) is 0. The fourth-order valence-electron chi connectivity index (χ4n) is 2.38. The number of hydrogen-bond acceptors (Lipinski definition) is 2. The maximum absolute atomic E-state index is 11.2. The Kier molecular flexibility index (Phi) is 3.57. The molecule has 1 saturated carbocycles. The average Bonchev–Trinajstić information content (AvgIpc) is 2.67. The lowest BCUT2D eigenvalue weighted by Crippen LogP contribution is -2.22. The molecule has 0 bridgehead atoms. The van der Waals surface area contributed by atoms with E-state index in [1.165, 1.54) is 19.3 Å². The van der Waals surface area contributed by atoms with E-state index in [2.05, 4.69) is 12.2 Å². The monoisotopic (exact) mass is 252 g/mol. The van der Waals surface area contributed by atoms with Crippen LogP contribution in [0.15, 0.2) is 18.2 Å². The number of benzene rings is 1. The highest BCUT2D eigenvalue weighted by Crippen LogP contribution is 2.29. The van der Waals surface area contributed by atoms with E-state index >= 15 is 0 Å². The van der Waals surface area contributed by atoms with Crippen LogP contribution in [0.3, 0.4) is 0 Å². The lowest BCUT2D eigenvalue weighted by molar-refractivity contribution is 0.100. The van der Waals surface area contributed by atoms with E-state index in [0.717, 1.165) is 5.69 Å². The lowest BCUT2D eigenvalue weighted by atomic mass is 10.1. The average molecular weight is 253 g/mol. The van der Waals surface area contributed by atoms with Crippen molar-refractivity contribution in [2.45, 2.75) is 32.2 Å². The van der Waals surface area contributed by atoms with Crippen molar-refractivity contribution in [3.63, 3.8) is 0 Å². The van der Waals surface area contributed by atoms with Gasteiger partial charge >= 0.3 is 0 Å². The predicted molar refractivity (Wildman–Crippen MR) is 70.4 cm³/mol. The molecule has 1 aliphatic carbocycles. The van der Waals surface area contributed by atoms with Gasteiger partial charge in [0.25, 0.3) is 0 Å². The van der Waals surface area contributed by atoms with Crippen molar-refractivity contribution in [1.29, 1.82) is 0 Å². The molecular weight excluding hydrogens is 236 g/mol. The van der Waals surface area contributed by atoms with Crippen molar-refractivity contribution in [2.24, 2.45) is 11.7 Å². The Morgan fingerprint density at radius 1 is 1.47 bits per heavy atom. The smallest absolute Gasteiger partial charge is 0.250 e. The summed E-state index contributed by atoms with van der Waals surface area (Å²) < 4.78 is 0. The van der Waals surface area contributed by atoms with Crippen LogP contribution >= 0.6 is 11.6 Å². The zero-order chi connectivity index (χ0) is 12.4. The number of halogens is 1. The Labute approximate surface area is 106 Å². The summed E-state index contributed by atoms with van der Waals surface area (Å²) in [5.74, 6) is 0.181. The van der Waals surface area contributed by atoms with Gasteiger partial charge in [-0.05, 0) is 37.0 Å². The lowest BCUT2D eigenvalue weighted by Gasteiger charge is -2.19. The van der Waals surface area contributed by atoms with Crippen LogP contribution in [0.1, 0.15) is 36.5 Å². The molecule has 3 N–H and O–H groups in total. The third-order valence-corrected chi connectivity index (χ3v) is 3.77. The van der Waals surface area contributed by atoms with Gasteiger partial charge in [-0.15, -0.1) is 0 Å². The highest BCUT2D eigenvalue weighted by molar-refractivity contribution is 6.33. The third-order valence-electron chi connectivity index (χ3n) is 3.45. The van der Waals surface area contributed by atoms with Crippen LogP contribution in [0.2, 0.25) is 5.02 Å². The number of amides is 1. The number of primary amides is 1. The van der Waals surface area contributed by atoms with Crippen LogP contribution in [-0.2, 0) is 0 Å². The second-order valence-corrected chi connectivity index (χ2v) is 5.13. The summed E-state index contributed by atoms with van der Waals surface area (Å²) in [6.45, 7) is 2.25. The van der Waals surface area contributed by atoms with Gasteiger partial charge in [0.2, 0.25) is 5.91 Å². The first-order chi connectivity index (χ1) is 8.08. The molecule has 4 heteroatoms. The molecule has 1 aromatic carbocycles. The van der Waals surface area contributed by atoms with Gasteiger partial charge in [0.1, 0.15) is 0 Å². The van der Waals surface area contributed by atoms with Crippen molar-refractivity contribution in [3.05, 3.63) is 28.8 Å². The normalized spacial score (nSPS) is 23.6. The van der Waals surface area contributed by atoms with Crippen molar-refractivity contribution < 1.29 is 4.79 Å². The topological polar surface area (TPSA) is 55.1 Å². The largest absolute Gasteiger partial charge is 0.382 e. The molecule has 1 fully saturated rings. The number of carbonyl (C=O) groups is 1. The first-order valence-electron chi connectivity index (χ1n) is 5.94. The summed E-state index contributed by atoms with van der Waals surface area (Å²) in [5, 5.41) is 3.85. The van der Waals surface area contributed by atoms with Crippen molar-refractivity contribution in [1.82, 2.24) is 0 Å². The number of carbonyl (C=O) groups excluding carboxylic acids is 1. The minimum atomic E-state index is -0.488. The Morgan fingerprint density at radius 2 is 2.24 bits per heavy atom. The van der Waals surface area contributed by atoms with Crippen molar-refractivity contribution in [3.8, 4) is 0 Å². The summed E-state index contributed by atoms with van der Waals surface area (Å²) in [6.07, 6.45) is 3.69. The Morgan fingerprint density at radius 3 is 2.82 bits per heavy atom. The third kappa shape index (κ3) is 2.72. The van der Waals surface area contributed by atoms with Gasteiger partial charge in [0, 0.05) is 11.7 Å². The number of nitrogens with two attached hydrogens (primary N) is 1. The fraction of sp³-hybridized carbons (Fsp3) is 0.462. The standard InChI is InChI=1S/C13H17ClN2O/c1-8-3-2-4-12(8)16-9-5-6-11(14)10(7-9)13(15)17/h5-8,12,16H,2-4H2,1H3,(H2,15,17). The van der Waals surface area contributed by atoms with Gasteiger partial charge in [-0.1, -0.05) is 24.9 Å². The second-order valence-electron chi connectivity index (χ2n) is 4.72. The Balaban J connectivity index is 2.16. The summed E-state index contributed by atoms with van der Waals surface area (Å²) in [5.41, 5.74) is 6.56. The summed E-state index contributed by atoms with van der Waals surface area (Å²) in [6, 6.07) is 5.82. The molecule has 92 valence electrons. The zero-order valence-corrected chi connectivity index (χ0v) is 10.6. The van der Waals surface area contributed by atoms with E-state index in [9.17, 15) is 4.79 Å². The Bertz CT molecular complexity index is 433. The van der Waals surface area contributed by atoms with Gasteiger partial charge in [0.15, 0.2) is 0 Å². The van der Waals surface area contributed by atoms with Crippen LogP contribution in [0.25, 0.3) is 0 Å². The molecule has 17 heavy (non-hydrogen) atoms. The van der Waals surface area contributed by atoms with E-state index in [1.807, 2.05) is 6.07 Å². The first kappa shape index (κ1) is 12.2. The molecule has 2 atom stereocenters. The number of rotatable bonds is 3. The maximum atomic E-state index is 11.2. The molecule has 1 aromatic rings. The predicted octanol–water partition coefficient (Wildman–Crippen LogP) is 3.04. The minimum absolute atomic E-state index is 0.377. The van der Waals surface area contributed by atoms with Crippen LogP contribution in [0.5, 0.6) is 0 Å². The number of anilines is 1. The molecular formula is C13H17ClN2O. The van der Waals surface area contributed by atoms with Crippen LogP contribution in [-0.4, -0.2) is 11.9 Å². The molecule has 0 heterocycles. The van der Waals surface area contributed by atoms with E-state index in [4.69, 9.17) is 17.3 Å². The van der Waals surface area contributed by atoms with Gasteiger partial charge in [-0.3, -0.25) is 4.79 Å². The quantitative estimate of drug-likeness (QED) is 0.869. The van der Waals surface area contributed by atoms with Crippen LogP contribution in [0, 0.1) is 5.92 Å². The molecule has 1 amide bonds. The van der Waals surface area contributed by atoms with Crippen LogP contribution in [0.4, 0.5) is 5.69 Å². The highest BCUT2D eigenvalue weighted by Gasteiger charge is 2.23. The highest BCUT2D eigenvalue weighted by atomic mass is 35.5. The fourth-order valence-corrected chi connectivity index (χ4v) is 2.59.